The van der Waals surface area contributed by atoms with Gasteiger partial charge in [-0.2, -0.15) is 0 Å². The summed E-state index contributed by atoms with van der Waals surface area (Å²) >= 11 is 0. The van der Waals surface area contributed by atoms with Crippen LogP contribution in [-0.2, 0) is 16.0 Å². The topological polar surface area (TPSA) is 63.4 Å². The quantitative estimate of drug-likeness (QED) is 0.826. The van der Waals surface area contributed by atoms with E-state index < -0.39 is 11.3 Å². The van der Waals surface area contributed by atoms with Crippen molar-refractivity contribution in [3.05, 3.63) is 59.9 Å². The summed E-state index contributed by atoms with van der Waals surface area (Å²) in [6.45, 7) is 4.84. The number of halogens is 1. The molecular formula is C23H27FN2O2. The van der Waals surface area contributed by atoms with Crippen molar-refractivity contribution in [2.75, 3.05) is 13.1 Å². The normalized spacial score (nSPS) is 19.2. The molecule has 148 valence electrons. The van der Waals surface area contributed by atoms with Crippen LogP contribution in [0.4, 0.5) is 4.39 Å². The number of likely N-dealkylation sites (tertiary alicyclic amines) is 1. The molecule has 1 fully saturated rings. The Morgan fingerprint density at radius 2 is 1.75 bits per heavy atom. The Hall–Kier alpha value is -2.69. The minimum Gasteiger partial charge on any atom is -0.369 e. The minimum atomic E-state index is -0.825. The van der Waals surface area contributed by atoms with Crippen molar-refractivity contribution >= 4 is 11.8 Å². The van der Waals surface area contributed by atoms with Gasteiger partial charge in [0.1, 0.15) is 5.82 Å². The van der Waals surface area contributed by atoms with Crippen LogP contribution in [0.3, 0.4) is 0 Å². The maximum absolute atomic E-state index is 14.4. The largest absolute Gasteiger partial charge is 0.369 e. The second-order valence-electron chi connectivity index (χ2n) is 8.12. The van der Waals surface area contributed by atoms with E-state index in [0.29, 0.717) is 37.9 Å². The van der Waals surface area contributed by atoms with E-state index in [2.05, 4.69) is 0 Å². The molecule has 1 aliphatic rings. The zero-order chi connectivity index (χ0) is 20.3. The van der Waals surface area contributed by atoms with Crippen LogP contribution in [0.1, 0.15) is 32.3 Å². The molecule has 2 aromatic carbocycles. The molecule has 28 heavy (non-hydrogen) atoms. The first-order valence-corrected chi connectivity index (χ1v) is 9.73. The number of hydrogen-bond acceptors (Lipinski definition) is 2. The second kappa shape index (κ2) is 8.13. The van der Waals surface area contributed by atoms with Crippen molar-refractivity contribution in [2.24, 2.45) is 17.1 Å². The summed E-state index contributed by atoms with van der Waals surface area (Å²) in [4.78, 5) is 26.7. The number of nitrogens with zero attached hydrogens (tertiary/aromatic N) is 1. The van der Waals surface area contributed by atoms with Crippen LogP contribution in [0.2, 0.25) is 0 Å². The molecule has 1 aliphatic heterocycles. The minimum absolute atomic E-state index is 0.0560. The Bertz CT molecular complexity index is 880. The molecule has 0 aliphatic carbocycles. The van der Waals surface area contributed by atoms with Gasteiger partial charge in [-0.1, -0.05) is 56.3 Å². The molecule has 2 amide bonds. The van der Waals surface area contributed by atoms with Crippen LogP contribution < -0.4 is 5.73 Å². The van der Waals surface area contributed by atoms with Gasteiger partial charge in [0.05, 0.1) is 5.41 Å². The summed E-state index contributed by atoms with van der Waals surface area (Å²) in [7, 11) is 0. The van der Waals surface area contributed by atoms with E-state index in [1.54, 1.807) is 23.1 Å². The van der Waals surface area contributed by atoms with E-state index in [9.17, 15) is 14.0 Å². The Balaban J connectivity index is 1.90. The molecule has 0 saturated carbocycles. The predicted molar refractivity (Wildman–Crippen MR) is 108 cm³/mol. The number of rotatable bonds is 6. The van der Waals surface area contributed by atoms with Gasteiger partial charge < -0.3 is 10.6 Å². The van der Waals surface area contributed by atoms with Crippen molar-refractivity contribution < 1.29 is 14.0 Å². The monoisotopic (exact) mass is 382 g/mol. The first kappa shape index (κ1) is 20.1. The van der Waals surface area contributed by atoms with Crippen molar-refractivity contribution in [3.63, 3.8) is 0 Å². The van der Waals surface area contributed by atoms with Gasteiger partial charge in [-0.15, -0.1) is 0 Å². The number of primary amides is 1. The van der Waals surface area contributed by atoms with Crippen LogP contribution in [-0.4, -0.2) is 29.8 Å². The van der Waals surface area contributed by atoms with Gasteiger partial charge in [0.2, 0.25) is 11.8 Å². The molecule has 0 aromatic heterocycles. The van der Waals surface area contributed by atoms with Crippen LogP contribution in [0.5, 0.6) is 0 Å². The van der Waals surface area contributed by atoms with Crippen LogP contribution in [0, 0.1) is 17.2 Å². The highest BCUT2D eigenvalue weighted by Crippen LogP contribution is 2.38. The first-order valence-electron chi connectivity index (χ1n) is 9.73. The number of carbonyl (C=O) groups is 2. The van der Waals surface area contributed by atoms with Gasteiger partial charge in [0, 0.05) is 25.1 Å². The molecule has 0 unspecified atom stereocenters. The highest BCUT2D eigenvalue weighted by Gasteiger charge is 2.45. The lowest BCUT2D eigenvalue weighted by Gasteiger charge is -2.27. The van der Waals surface area contributed by atoms with Crippen LogP contribution in [0.25, 0.3) is 11.1 Å². The Morgan fingerprint density at radius 1 is 1.11 bits per heavy atom. The Labute approximate surface area is 165 Å². The summed E-state index contributed by atoms with van der Waals surface area (Å²) in [6.07, 6.45) is 1.37. The van der Waals surface area contributed by atoms with E-state index in [1.165, 1.54) is 6.07 Å². The number of hydrogen-bond donors (Lipinski definition) is 1. The average molecular weight is 382 g/mol. The molecule has 2 N–H and O–H groups in total. The van der Waals surface area contributed by atoms with E-state index >= 15 is 0 Å². The number of carbonyl (C=O) groups excluding carboxylic acids is 2. The summed E-state index contributed by atoms with van der Waals surface area (Å²) in [5, 5.41) is 0. The molecule has 1 saturated heterocycles. The Kier molecular flexibility index (Phi) is 5.82. The fourth-order valence-corrected chi connectivity index (χ4v) is 3.98. The van der Waals surface area contributed by atoms with Crippen molar-refractivity contribution in [1.29, 1.82) is 0 Å². The van der Waals surface area contributed by atoms with Crippen LogP contribution >= 0.6 is 0 Å². The van der Waals surface area contributed by atoms with Gasteiger partial charge in [0.25, 0.3) is 0 Å². The Morgan fingerprint density at radius 3 is 2.39 bits per heavy atom. The van der Waals surface area contributed by atoms with Crippen LogP contribution in [0.15, 0.2) is 48.5 Å². The second-order valence-corrected chi connectivity index (χ2v) is 8.12. The van der Waals surface area contributed by atoms with E-state index in [-0.39, 0.29) is 17.6 Å². The molecule has 1 atom stereocenters. The predicted octanol–water partition coefficient (Wildman–Crippen LogP) is 3.79. The number of benzene rings is 2. The van der Waals surface area contributed by atoms with E-state index in [4.69, 9.17) is 5.73 Å². The highest BCUT2D eigenvalue weighted by molar-refractivity contribution is 5.85. The maximum atomic E-state index is 14.4. The third-order valence-corrected chi connectivity index (χ3v) is 5.52. The first-order chi connectivity index (χ1) is 13.3. The molecule has 0 radical (unpaired) electrons. The summed E-state index contributed by atoms with van der Waals surface area (Å²) < 4.78 is 14.4. The fourth-order valence-electron chi connectivity index (χ4n) is 3.98. The van der Waals surface area contributed by atoms with E-state index in [1.807, 2.05) is 38.1 Å². The lowest BCUT2D eigenvalue weighted by molar-refractivity contribution is -0.132. The smallest absolute Gasteiger partial charge is 0.225 e. The molecule has 0 spiro atoms. The maximum Gasteiger partial charge on any atom is 0.225 e. The molecule has 5 heteroatoms. The zero-order valence-electron chi connectivity index (χ0n) is 16.5. The molecule has 4 nitrogen and oxygen atoms in total. The molecule has 1 heterocycles. The summed E-state index contributed by atoms with van der Waals surface area (Å²) in [5.41, 5.74) is 7.11. The van der Waals surface area contributed by atoms with Crippen molar-refractivity contribution in [2.45, 2.75) is 33.1 Å². The average Bonchev–Trinajstić information content (AvgIpc) is 3.08. The van der Waals surface area contributed by atoms with Crippen molar-refractivity contribution in [1.82, 2.24) is 4.90 Å². The van der Waals surface area contributed by atoms with Gasteiger partial charge in [-0.3, -0.25) is 9.59 Å². The number of amides is 2. The standard InChI is InChI=1S/C23H27FN2O2/c1-16(2)13-21(27)26-12-11-23(15-26,22(25)28)14-17-7-3-4-8-18(17)19-9-5-6-10-20(19)24/h3-10,16H,11-15H2,1-2H3,(H2,25,28)/t23-/m1/s1. The van der Waals surface area contributed by atoms with Gasteiger partial charge in [0.15, 0.2) is 0 Å². The van der Waals surface area contributed by atoms with E-state index in [0.717, 1.165) is 11.1 Å². The summed E-state index contributed by atoms with van der Waals surface area (Å²) in [5.74, 6) is -0.391. The third-order valence-electron chi connectivity index (χ3n) is 5.52. The molecule has 3 rings (SSSR count). The van der Waals surface area contributed by atoms with Gasteiger partial charge in [-0.05, 0) is 36.0 Å². The molecule has 2 aromatic rings. The lowest BCUT2D eigenvalue weighted by Crippen LogP contribution is -2.42. The SMILES string of the molecule is CC(C)CC(=O)N1CC[C@](Cc2ccccc2-c2ccccc2F)(C(N)=O)C1. The number of nitrogens with two attached hydrogens (primary N) is 1. The fraction of sp³-hybridized carbons (Fsp3) is 0.391. The molecule has 0 bridgehead atoms. The highest BCUT2D eigenvalue weighted by atomic mass is 19.1. The third kappa shape index (κ3) is 4.08. The zero-order valence-corrected chi connectivity index (χ0v) is 16.5. The lowest BCUT2D eigenvalue weighted by atomic mass is 9.78. The summed E-state index contributed by atoms with van der Waals surface area (Å²) in [6, 6.07) is 14.1. The molecular weight excluding hydrogens is 355 g/mol. The van der Waals surface area contributed by atoms with Gasteiger partial charge >= 0.3 is 0 Å². The van der Waals surface area contributed by atoms with Crippen molar-refractivity contribution in [3.8, 4) is 11.1 Å². The van der Waals surface area contributed by atoms with Gasteiger partial charge in [-0.25, -0.2) is 4.39 Å².